The minimum Gasteiger partial charge on any atom is -0.478 e. The summed E-state index contributed by atoms with van der Waals surface area (Å²) in [7, 11) is 1.69. The van der Waals surface area contributed by atoms with E-state index in [-0.39, 0.29) is 23.0 Å². The van der Waals surface area contributed by atoms with Crippen LogP contribution in [-0.2, 0) is 7.05 Å². The number of para-hydroxylation sites is 1. The lowest BCUT2D eigenvalue weighted by Gasteiger charge is -2.21. The molecule has 5 rings (SSSR count). The van der Waals surface area contributed by atoms with Gasteiger partial charge in [-0.15, -0.1) is 0 Å². The van der Waals surface area contributed by atoms with Gasteiger partial charge in [0.05, 0.1) is 16.8 Å². The van der Waals surface area contributed by atoms with E-state index in [9.17, 15) is 19.1 Å². The zero-order chi connectivity index (χ0) is 27.0. The normalized spacial score (nSPS) is 11.9. The third kappa shape index (κ3) is 4.78. The van der Waals surface area contributed by atoms with Crippen LogP contribution < -0.4 is 10.9 Å². The maximum Gasteiger partial charge on any atom is 0.337 e. The number of carbonyl (C=O) groups is 1. The van der Waals surface area contributed by atoms with Crippen LogP contribution in [0.25, 0.3) is 33.3 Å². The number of rotatable bonds is 6. The van der Waals surface area contributed by atoms with Crippen LogP contribution in [0.3, 0.4) is 0 Å². The van der Waals surface area contributed by atoms with Crippen LogP contribution in [0.5, 0.6) is 0 Å². The monoisotopic (exact) mass is 507 g/mol. The molecule has 190 valence electrons. The van der Waals surface area contributed by atoms with Crippen molar-refractivity contribution in [1.82, 2.24) is 9.55 Å². The number of aromatic nitrogens is 2. The van der Waals surface area contributed by atoms with Crippen LogP contribution in [0.4, 0.5) is 10.1 Å². The molecule has 0 amide bonds. The molecule has 38 heavy (non-hydrogen) atoms. The minimum atomic E-state index is -1.00. The molecular weight excluding hydrogens is 481 g/mol. The number of carboxylic acids is 1. The van der Waals surface area contributed by atoms with Crippen LogP contribution in [0, 0.1) is 12.7 Å². The molecule has 2 heterocycles. The first-order chi connectivity index (χ1) is 18.2. The maximum absolute atomic E-state index is 13.8. The number of fused-ring (bicyclic) bond motifs is 1. The third-order valence-corrected chi connectivity index (χ3v) is 6.62. The number of nitrogens with one attached hydrogen (secondary N) is 1. The molecule has 1 atom stereocenters. The van der Waals surface area contributed by atoms with E-state index in [4.69, 9.17) is 4.98 Å². The van der Waals surface area contributed by atoms with E-state index in [1.807, 2.05) is 26.0 Å². The Labute approximate surface area is 219 Å². The molecule has 2 aromatic heterocycles. The molecule has 0 saturated heterocycles. The van der Waals surface area contributed by atoms with Gasteiger partial charge in [-0.05, 0) is 73.0 Å². The van der Waals surface area contributed by atoms with Gasteiger partial charge in [-0.3, -0.25) is 4.79 Å². The number of benzene rings is 3. The lowest BCUT2D eigenvalue weighted by molar-refractivity contribution is 0.0698. The fourth-order valence-corrected chi connectivity index (χ4v) is 4.72. The second kappa shape index (κ2) is 9.94. The number of hydrogen-bond donors (Lipinski definition) is 2. The van der Waals surface area contributed by atoms with E-state index in [2.05, 4.69) is 11.4 Å². The molecular formula is C31H26FN3O3. The third-order valence-electron chi connectivity index (χ3n) is 6.62. The van der Waals surface area contributed by atoms with E-state index < -0.39 is 5.97 Å². The summed E-state index contributed by atoms with van der Waals surface area (Å²) >= 11 is 0. The smallest absolute Gasteiger partial charge is 0.337 e. The number of anilines is 1. The standard InChI is InChI=1S/C31H26FN3O3/c1-18-14-24(19(2)33-27-7-5-4-6-23(27)31(37)38)26-16-25(20-8-11-22(32)12-9-20)30(34-28(26)15-18)21-10-13-29(36)35(3)17-21/h4-17,19,33H,1-3H3,(H,37,38). The quantitative estimate of drug-likeness (QED) is 0.271. The topological polar surface area (TPSA) is 84.2 Å². The lowest BCUT2D eigenvalue weighted by Crippen LogP contribution is -2.14. The van der Waals surface area contributed by atoms with Crippen LogP contribution in [-0.4, -0.2) is 20.6 Å². The van der Waals surface area contributed by atoms with Gasteiger partial charge in [0.1, 0.15) is 5.82 Å². The molecule has 0 spiro atoms. The van der Waals surface area contributed by atoms with Gasteiger partial charge < -0.3 is 15.0 Å². The van der Waals surface area contributed by atoms with Gasteiger partial charge in [-0.25, -0.2) is 14.2 Å². The molecule has 0 aliphatic rings. The summed E-state index contributed by atoms with van der Waals surface area (Å²) in [5, 5.41) is 13.9. The molecule has 3 aromatic carbocycles. The predicted octanol–water partition coefficient (Wildman–Crippen LogP) is 6.59. The number of nitrogens with zero attached hydrogens (tertiary/aromatic N) is 2. The highest BCUT2D eigenvalue weighted by Gasteiger charge is 2.19. The second-order valence-corrected chi connectivity index (χ2v) is 9.40. The van der Waals surface area contributed by atoms with Gasteiger partial charge in [0.25, 0.3) is 0 Å². The van der Waals surface area contributed by atoms with Gasteiger partial charge >= 0.3 is 5.97 Å². The molecule has 2 N–H and O–H groups in total. The van der Waals surface area contributed by atoms with E-state index in [0.717, 1.165) is 38.7 Å². The van der Waals surface area contributed by atoms with Gasteiger partial charge in [-0.2, -0.15) is 0 Å². The fourth-order valence-electron chi connectivity index (χ4n) is 4.72. The molecule has 7 heteroatoms. The SMILES string of the molecule is Cc1cc(C(C)Nc2ccccc2C(=O)O)c2cc(-c3ccc(F)cc3)c(-c3ccc(=O)n(C)c3)nc2c1. The molecule has 0 bridgehead atoms. The maximum atomic E-state index is 13.8. The Balaban J connectivity index is 1.72. The summed E-state index contributed by atoms with van der Waals surface area (Å²) in [5.41, 5.74) is 6.31. The summed E-state index contributed by atoms with van der Waals surface area (Å²) in [6.07, 6.45) is 1.74. The Bertz CT molecular complexity index is 1740. The Morgan fingerprint density at radius 1 is 1.00 bits per heavy atom. The van der Waals surface area contributed by atoms with E-state index in [1.165, 1.54) is 22.8 Å². The molecule has 0 aliphatic carbocycles. The van der Waals surface area contributed by atoms with Crippen molar-refractivity contribution in [3.8, 4) is 22.4 Å². The highest BCUT2D eigenvalue weighted by Crippen LogP contribution is 2.37. The van der Waals surface area contributed by atoms with Gasteiger partial charge in [0, 0.05) is 47.6 Å². The first-order valence-electron chi connectivity index (χ1n) is 12.2. The van der Waals surface area contributed by atoms with E-state index >= 15 is 0 Å². The van der Waals surface area contributed by atoms with Crippen molar-refractivity contribution in [2.75, 3.05) is 5.32 Å². The van der Waals surface area contributed by atoms with E-state index in [0.29, 0.717) is 11.4 Å². The summed E-state index contributed by atoms with van der Waals surface area (Å²) in [6.45, 7) is 3.97. The summed E-state index contributed by atoms with van der Waals surface area (Å²) in [6, 6.07) is 22.1. The predicted molar refractivity (Wildman–Crippen MR) is 148 cm³/mol. The van der Waals surface area contributed by atoms with Crippen molar-refractivity contribution in [2.24, 2.45) is 7.05 Å². The zero-order valence-corrected chi connectivity index (χ0v) is 21.2. The van der Waals surface area contributed by atoms with Crippen molar-refractivity contribution >= 4 is 22.6 Å². The number of carboxylic acid groups (broad SMARTS) is 1. The molecule has 6 nitrogen and oxygen atoms in total. The summed E-state index contributed by atoms with van der Waals surface area (Å²) in [4.78, 5) is 28.8. The van der Waals surface area contributed by atoms with Crippen LogP contribution in [0.1, 0.15) is 34.5 Å². The Morgan fingerprint density at radius 3 is 2.42 bits per heavy atom. The molecule has 1 unspecified atom stereocenters. The Hall–Kier alpha value is -4.78. The summed E-state index contributed by atoms with van der Waals surface area (Å²) in [5.74, 6) is -1.34. The molecule has 0 aliphatic heterocycles. The van der Waals surface area contributed by atoms with Gasteiger partial charge in [0.15, 0.2) is 0 Å². The van der Waals surface area contributed by atoms with Crippen LogP contribution >= 0.6 is 0 Å². The van der Waals surface area contributed by atoms with E-state index in [1.54, 1.807) is 55.7 Å². The van der Waals surface area contributed by atoms with Crippen LogP contribution in [0.2, 0.25) is 0 Å². The number of halogens is 1. The number of hydrogen-bond acceptors (Lipinski definition) is 4. The summed E-state index contributed by atoms with van der Waals surface area (Å²) < 4.78 is 15.3. The fraction of sp³-hybridized carbons (Fsp3) is 0.129. The molecule has 0 fully saturated rings. The highest BCUT2D eigenvalue weighted by atomic mass is 19.1. The average molecular weight is 508 g/mol. The van der Waals surface area contributed by atoms with Crippen LogP contribution in [0.15, 0.2) is 89.9 Å². The number of pyridine rings is 2. The largest absolute Gasteiger partial charge is 0.478 e. The first-order valence-corrected chi connectivity index (χ1v) is 12.2. The second-order valence-electron chi connectivity index (χ2n) is 9.40. The Kier molecular flexibility index (Phi) is 6.51. The van der Waals surface area contributed by atoms with Crippen molar-refractivity contribution < 1.29 is 14.3 Å². The van der Waals surface area contributed by atoms with Crippen molar-refractivity contribution in [1.29, 1.82) is 0 Å². The van der Waals surface area contributed by atoms with Gasteiger partial charge in [-0.1, -0.05) is 30.3 Å². The Morgan fingerprint density at radius 2 is 1.71 bits per heavy atom. The minimum absolute atomic E-state index is 0.127. The lowest BCUT2D eigenvalue weighted by atomic mass is 9.93. The van der Waals surface area contributed by atoms with Crippen molar-refractivity contribution in [3.05, 3.63) is 118 Å². The van der Waals surface area contributed by atoms with Gasteiger partial charge in [0.2, 0.25) is 5.56 Å². The number of aryl methyl sites for hydroxylation is 2. The highest BCUT2D eigenvalue weighted by molar-refractivity contribution is 5.95. The molecule has 0 saturated carbocycles. The average Bonchev–Trinajstić information content (AvgIpc) is 2.89. The molecule has 0 radical (unpaired) electrons. The van der Waals surface area contributed by atoms with Crippen molar-refractivity contribution in [3.63, 3.8) is 0 Å². The molecule has 5 aromatic rings. The first kappa shape index (κ1) is 24.9. The zero-order valence-electron chi connectivity index (χ0n) is 21.2. The number of aromatic carboxylic acids is 1. The van der Waals surface area contributed by atoms with Crippen molar-refractivity contribution in [2.45, 2.75) is 19.9 Å².